The lowest BCUT2D eigenvalue weighted by atomic mass is 10.2. The summed E-state index contributed by atoms with van der Waals surface area (Å²) in [4.78, 5) is 35.1. The molecule has 0 bridgehead atoms. The molecule has 1 aromatic heterocycles. The van der Waals surface area contributed by atoms with E-state index < -0.39 is 18.0 Å². The predicted molar refractivity (Wildman–Crippen MR) is 82.8 cm³/mol. The van der Waals surface area contributed by atoms with Crippen molar-refractivity contribution in [2.24, 2.45) is 5.73 Å². The number of nitrogens with two attached hydrogens (primary N) is 1. The van der Waals surface area contributed by atoms with E-state index in [9.17, 15) is 14.4 Å². The number of hydrogen-bond donors (Lipinski definition) is 2. The number of carbonyl (C=O) groups excluding carboxylic acids is 3. The summed E-state index contributed by atoms with van der Waals surface area (Å²) in [6.45, 7) is 1.40. The SMILES string of the molecule is C[C@H](OC(=O)c1ccc(NC(=O)c2cccs2)cc1)C(N)=O. The van der Waals surface area contributed by atoms with Gasteiger partial charge >= 0.3 is 5.97 Å². The van der Waals surface area contributed by atoms with Crippen LogP contribution in [0.15, 0.2) is 41.8 Å². The molecule has 22 heavy (non-hydrogen) atoms. The molecule has 1 heterocycles. The van der Waals surface area contributed by atoms with E-state index in [1.165, 1.54) is 30.4 Å². The van der Waals surface area contributed by atoms with Gasteiger partial charge in [0.05, 0.1) is 10.4 Å². The number of benzene rings is 1. The summed E-state index contributed by atoms with van der Waals surface area (Å²) in [5.74, 6) is -1.58. The molecular weight excluding hydrogens is 304 g/mol. The van der Waals surface area contributed by atoms with E-state index >= 15 is 0 Å². The molecule has 2 aromatic rings. The second kappa shape index (κ2) is 6.86. The Bertz CT molecular complexity index is 680. The van der Waals surface area contributed by atoms with E-state index in [0.29, 0.717) is 10.6 Å². The van der Waals surface area contributed by atoms with Gasteiger partial charge in [-0.2, -0.15) is 0 Å². The summed E-state index contributed by atoms with van der Waals surface area (Å²) in [6.07, 6.45) is -0.995. The number of hydrogen-bond acceptors (Lipinski definition) is 5. The Morgan fingerprint density at radius 2 is 1.86 bits per heavy atom. The van der Waals surface area contributed by atoms with Gasteiger partial charge in [0.2, 0.25) is 0 Å². The van der Waals surface area contributed by atoms with Crippen LogP contribution in [0.1, 0.15) is 27.0 Å². The molecule has 2 rings (SSSR count). The van der Waals surface area contributed by atoms with Crippen molar-refractivity contribution in [1.29, 1.82) is 0 Å². The van der Waals surface area contributed by atoms with Gasteiger partial charge in [-0.3, -0.25) is 9.59 Å². The van der Waals surface area contributed by atoms with Crippen molar-refractivity contribution in [2.45, 2.75) is 13.0 Å². The molecule has 0 spiro atoms. The number of nitrogens with one attached hydrogen (secondary N) is 1. The second-order valence-electron chi connectivity index (χ2n) is 4.46. The van der Waals surface area contributed by atoms with E-state index in [4.69, 9.17) is 10.5 Å². The summed E-state index contributed by atoms with van der Waals surface area (Å²) >= 11 is 1.34. The molecule has 6 nitrogen and oxygen atoms in total. The number of anilines is 1. The number of thiophene rings is 1. The van der Waals surface area contributed by atoms with Gasteiger partial charge in [0, 0.05) is 5.69 Å². The van der Waals surface area contributed by atoms with Crippen LogP contribution in [-0.2, 0) is 9.53 Å². The van der Waals surface area contributed by atoms with Gasteiger partial charge in [-0.25, -0.2) is 4.79 Å². The standard InChI is InChI=1S/C15H14N2O4S/c1-9(13(16)18)21-15(20)10-4-6-11(7-5-10)17-14(19)12-3-2-8-22-12/h2-9H,1H3,(H2,16,18)(H,17,19)/t9-/m0/s1. The van der Waals surface area contributed by atoms with Gasteiger partial charge in [-0.05, 0) is 42.6 Å². The molecule has 0 saturated heterocycles. The molecule has 0 fully saturated rings. The molecule has 0 unspecified atom stereocenters. The molecule has 2 amide bonds. The first kappa shape index (κ1) is 15.7. The van der Waals surface area contributed by atoms with Crippen LogP contribution in [0.3, 0.4) is 0 Å². The summed E-state index contributed by atoms with van der Waals surface area (Å²) in [7, 11) is 0. The molecule has 3 N–H and O–H groups in total. The number of rotatable bonds is 5. The fourth-order valence-electron chi connectivity index (χ4n) is 1.58. The van der Waals surface area contributed by atoms with Crippen LogP contribution in [0.4, 0.5) is 5.69 Å². The average molecular weight is 318 g/mol. The zero-order chi connectivity index (χ0) is 16.1. The third kappa shape index (κ3) is 3.92. The molecule has 114 valence electrons. The van der Waals surface area contributed by atoms with Crippen molar-refractivity contribution in [3.05, 3.63) is 52.2 Å². The van der Waals surface area contributed by atoms with Crippen molar-refractivity contribution in [1.82, 2.24) is 0 Å². The minimum absolute atomic E-state index is 0.215. The van der Waals surface area contributed by atoms with Crippen LogP contribution in [-0.4, -0.2) is 23.9 Å². The van der Waals surface area contributed by atoms with E-state index in [0.717, 1.165) is 0 Å². The van der Waals surface area contributed by atoms with Gasteiger partial charge in [0.15, 0.2) is 6.10 Å². The topological polar surface area (TPSA) is 98.5 Å². The molecule has 0 aliphatic heterocycles. The van der Waals surface area contributed by atoms with Crippen LogP contribution in [0.2, 0.25) is 0 Å². The fourth-order valence-corrected chi connectivity index (χ4v) is 2.20. The highest BCUT2D eigenvalue weighted by Gasteiger charge is 2.16. The fraction of sp³-hybridized carbons (Fsp3) is 0.133. The first-order chi connectivity index (χ1) is 10.5. The lowest BCUT2D eigenvalue weighted by molar-refractivity contribution is -0.125. The van der Waals surface area contributed by atoms with Gasteiger partial charge in [0.1, 0.15) is 0 Å². The van der Waals surface area contributed by atoms with E-state index in [-0.39, 0.29) is 11.5 Å². The summed E-state index contributed by atoms with van der Waals surface area (Å²) in [5, 5.41) is 4.53. The Labute approximate surface area is 130 Å². The van der Waals surface area contributed by atoms with E-state index in [2.05, 4.69) is 5.32 Å². The summed E-state index contributed by atoms with van der Waals surface area (Å²) in [6, 6.07) is 9.67. The van der Waals surface area contributed by atoms with Crippen molar-refractivity contribution >= 4 is 34.8 Å². The maximum Gasteiger partial charge on any atom is 0.338 e. The largest absolute Gasteiger partial charge is 0.449 e. The number of ether oxygens (including phenoxy) is 1. The van der Waals surface area contributed by atoms with Crippen LogP contribution < -0.4 is 11.1 Å². The first-order valence-corrected chi connectivity index (χ1v) is 7.30. The summed E-state index contributed by atoms with van der Waals surface area (Å²) in [5.41, 5.74) is 5.84. The molecule has 0 saturated carbocycles. The Balaban J connectivity index is 1.99. The zero-order valence-corrected chi connectivity index (χ0v) is 12.6. The van der Waals surface area contributed by atoms with E-state index in [1.54, 1.807) is 24.3 Å². The van der Waals surface area contributed by atoms with Crippen LogP contribution in [0, 0.1) is 0 Å². The third-order valence-corrected chi connectivity index (χ3v) is 3.68. The molecule has 0 radical (unpaired) electrons. The quantitative estimate of drug-likeness (QED) is 0.824. The third-order valence-electron chi connectivity index (χ3n) is 2.81. The zero-order valence-electron chi connectivity index (χ0n) is 11.7. The Hall–Kier alpha value is -2.67. The van der Waals surface area contributed by atoms with E-state index in [1.807, 2.05) is 5.38 Å². The minimum Gasteiger partial charge on any atom is -0.449 e. The van der Waals surface area contributed by atoms with Crippen LogP contribution in [0.5, 0.6) is 0 Å². The molecule has 1 atom stereocenters. The maximum absolute atomic E-state index is 11.9. The Morgan fingerprint density at radius 1 is 1.18 bits per heavy atom. The van der Waals surface area contributed by atoms with Gasteiger partial charge < -0.3 is 15.8 Å². The minimum atomic E-state index is -0.995. The predicted octanol–water partition coefficient (Wildman–Crippen LogP) is 2.03. The number of amides is 2. The van der Waals surface area contributed by atoms with Crippen molar-refractivity contribution < 1.29 is 19.1 Å². The van der Waals surface area contributed by atoms with Crippen molar-refractivity contribution in [3.63, 3.8) is 0 Å². The van der Waals surface area contributed by atoms with Crippen LogP contribution >= 0.6 is 11.3 Å². The first-order valence-electron chi connectivity index (χ1n) is 6.42. The normalized spacial score (nSPS) is 11.5. The van der Waals surface area contributed by atoms with Gasteiger partial charge in [-0.1, -0.05) is 6.07 Å². The highest BCUT2D eigenvalue weighted by atomic mass is 32.1. The second-order valence-corrected chi connectivity index (χ2v) is 5.41. The van der Waals surface area contributed by atoms with Crippen molar-refractivity contribution in [2.75, 3.05) is 5.32 Å². The average Bonchev–Trinajstić information content (AvgIpc) is 3.02. The monoisotopic (exact) mass is 318 g/mol. The van der Waals surface area contributed by atoms with Crippen molar-refractivity contribution in [3.8, 4) is 0 Å². The van der Waals surface area contributed by atoms with Gasteiger partial charge in [0.25, 0.3) is 11.8 Å². The molecule has 1 aromatic carbocycles. The lowest BCUT2D eigenvalue weighted by Crippen LogP contribution is -2.30. The highest BCUT2D eigenvalue weighted by molar-refractivity contribution is 7.12. The number of primary amides is 1. The number of esters is 1. The maximum atomic E-state index is 11.9. The molecule has 7 heteroatoms. The highest BCUT2D eigenvalue weighted by Crippen LogP contribution is 2.15. The Kier molecular flexibility index (Phi) is 4.90. The van der Waals surface area contributed by atoms with Gasteiger partial charge in [-0.15, -0.1) is 11.3 Å². The smallest absolute Gasteiger partial charge is 0.338 e. The molecule has 0 aliphatic rings. The van der Waals surface area contributed by atoms with Crippen LogP contribution in [0.25, 0.3) is 0 Å². The molecule has 0 aliphatic carbocycles. The Morgan fingerprint density at radius 3 is 2.41 bits per heavy atom. The number of carbonyl (C=O) groups is 3. The summed E-state index contributed by atoms with van der Waals surface area (Å²) < 4.78 is 4.88. The molecular formula is C15H14N2O4S. The lowest BCUT2D eigenvalue weighted by Gasteiger charge is -2.10.